The van der Waals surface area contributed by atoms with Gasteiger partial charge in [0.05, 0.1) is 17.5 Å². The number of ether oxygens (including phenoxy) is 1. The molecule has 17 heavy (non-hydrogen) atoms. The van der Waals surface area contributed by atoms with Gasteiger partial charge in [0, 0.05) is 22.3 Å². The van der Waals surface area contributed by atoms with E-state index >= 15 is 0 Å². The van der Waals surface area contributed by atoms with Gasteiger partial charge in [-0.1, -0.05) is 30.3 Å². The molecule has 2 rings (SSSR count). The number of hydrogen-bond acceptors (Lipinski definition) is 3. The molecule has 1 saturated carbocycles. The first-order valence-corrected chi connectivity index (χ1v) is 7.78. The quantitative estimate of drug-likeness (QED) is 0.850. The average Bonchev–Trinajstić information content (AvgIpc) is 2.34. The van der Waals surface area contributed by atoms with Crippen molar-refractivity contribution < 1.29 is 8.95 Å². The first-order chi connectivity index (χ1) is 8.04. The summed E-state index contributed by atoms with van der Waals surface area (Å²) in [4.78, 5) is 0. The zero-order chi connectivity index (χ0) is 12.5. The van der Waals surface area contributed by atoms with Crippen molar-refractivity contribution in [2.75, 3.05) is 6.26 Å². The molecule has 4 heteroatoms. The van der Waals surface area contributed by atoms with Crippen LogP contribution in [0.15, 0.2) is 30.3 Å². The molecule has 4 atom stereocenters. The Morgan fingerprint density at radius 2 is 2.12 bits per heavy atom. The van der Waals surface area contributed by atoms with E-state index in [0.717, 1.165) is 6.42 Å². The smallest absolute Gasteiger partial charge is 0.0724 e. The highest BCUT2D eigenvalue weighted by atomic mass is 32.2. The van der Waals surface area contributed by atoms with E-state index < -0.39 is 10.8 Å². The van der Waals surface area contributed by atoms with E-state index in [1.807, 2.05) is 37.3 Å². The molecule has 1 aliphatic carbocycles. The highest BCUT2D eigenvalue weighted by molar-refractivity contribution is 7.88. The van der Waals surface area contributed by atoms with Gasteiger partial charge in [-0.25, -0.2) is 0 Å². The van der Waals surface area contributed by atoms with Crippen molar-refractivity contribution in [1.82, 2.24) is 0 Å². The van der Waals surface area contributed by atoms with Gasteiger partial charge < -0.3 is 4.74 Å². The molecule has 4 unspecified atom stereocenters. The fraction of sp³-hybridized carbons (Fsp3) is 0.538. The van der Waals surface area contributed by atoms with Gasteiger partial charge in [0.1, 0.15) is 0 Å². The minimum atomic E-state index is -0.844. The molecule has 0 spiro atoms. The summed E-state index contributed by atoms with van der Waals surface area (Å²) in [6.07, 6.45) is 2.70. The van der Waals surface area contributed by atoms with Crippen molar-refractivity contribution in [2.24, 2.45) is 0 Å². The normalized spacial score (nSPS) is 34.1. The third-order valence-corrected chi connectivity index (χ3v) is 6.36. The second-order valence-corrected chi connectivity index (χ2v) is 7.15. The third kappa shape index (κ3) is 2.59. The lowest BCUT2D eigenvalue weighted by Gasteiger charge is -2.49. The molecule has 1 fully saturated rings. The van der Waals surface area contributed by atoms with Crippen molar-refractivity contribution in [3.8, 4) is 0 Å². The fourth-order valence-electron chi connectivity index (χ4n) is 2.08. The predicted molar refractivity (Wildman–Crippen MR) is 74.9 cm³/mol. The van der Waals surface area contributed by atoms with E-state index in [2.05, 4.69) is 12.6 Å². The van der Waals surface area contributed by atoms with Crippen LogP contribution < -0.4 is 0 Å². The molecule has 0 radical (unpaired) electrons. The molecule has 0 aromatic heterocycles. The standard InChI is InChI=1S/C13H18O2S2/c1-13(17(2)14)8-11(12(13)16)15-9-10-6-4-3-5-7-10/h3-7,11-12,16H,8-9H2,1-2H3. The first-order valence-electron chi connectivity index (χ1n) is 5.71. The summed E-state index contributed by atoms with van der Waals surface area (Å²) in [5.74, 6) is 0. The number of hydrogen-bond donors (Lipinski definition) is 1. The van der Waals surface area contributed by atoms with Crippen LogP contribution in [-0.4, -0.2) is 26.6 Å². The van der Waals surface area contributed by atoms with Crippen LogP contribution in [-0.2, 0) is 22.1 Å². The topological polar surface area (TPSA) is 26.3 Å². The lowest BCUT2D eigenvalue weighted by Crippen LogP contribution is -2.60. The monoisotopic (exact) mass is 270 g/mol. The number of rotatable bonds is 4. The Labute approximate surface area is 111 Å². The number of thiol groups is 1. The molecule has 1 aliphatic rings. The van der Waals surface area contributed by atoms with Crippen molar-refractivity contribution in [3.63, 3.8) is 0 Å². The largest absolute Gasteiger partial charge is 0.372 e. The molecule has 94 valence electrons. The minimum absolute atomic E-state index is 0.0667. The second kappa shape index (κ2) is 5.12. The molecule has 1 aromatic rings. The zero-order valence-corrected chi connectivity index (χ0v) is 11.8. The van der Waals surface area contributed by atoms with Gasteiger partial charge in [0.25, 0.3) is 0 Å². The molecule has 0 bridgehead atoms. The lowest BCUT2D eigenvalue weighted by molar-refractivity contribution is -0.0185. The Bertz CT molecular complexity index is 407. The maximum absolute atomic E-state index is 11.6. The summed E-state index contributed by atoms with van der Waals surface area (Å²) in [5, 5.41) is 0.0667. The van der Waals surface area contributed by atoms with E-state index in [-0.39, 0.29) is 16.1 Å². The van der Waals surface area contributed by atoms with E-state index in [9.17, 15) is 4.21 Å². The zero-order valence-electron chi connectivity index (χ0n) is 10.1. The van der Waals surface area contributed by atoms with Gasteiger partial charge in [-0.2, -0.15) is 12.6 Å². The molecular weight excluding hydrogens is 252 g/mol. The highest BCUT2D eigenvalue weighted by Crippen LogP contribution is 2.43. The van der Waals surface area contributed by atoms with E-state index in [4.69, 9.17) is 4.74 Å². The van der Waals surface area contributed by atoms with Crippen molar-refractivity contribution in [2.45, 2.75) is 36.1 Å². The van der Waals surface area contributed by atoms with Crippen LogP contribution in [0.1, 0.15) is 18.9 Å². The molecule has 0 amide bonds. The van der Waals surface area contributed by atoms with Crippen LogP contribution in [0.4, 0.5) is 0 Å². The maximum atomic E-state index is 11.6. The Morgan fingerprint density at radius 1 is 1.47 bits per heavy atom. The summed E-state index contributed by atoms with van der Waals surface area (Å²) < 4.78 is 17.2. The van der Waals surface area contributed by atoms with Gasteiger partial charge in [0.15, 0.2) is 0 Å². The van der Waals surface area contributed by atoms with Gasteiger partial charge >= 0.3 is 0 Å². The Morgan fingerprint density at radius 3 is 2.65 bits per heavy atom. The van der Waals surface area contributed by atoms with Crippen molar-refractivity contribution in [1.29, 1.82) is 0 Å². The average molecular weight is 270 g/mol. The van der Waals surface area contributed by atoms with Gasteiger partial charge in [-0.15, -0.1) is 0 Å². The molecular formula is C13H18O2S2. The second-order valence-electron chi connectivity index (χ2n) is 4.75. The highest BCUT2D eigenvalue weighted by Gasteiger charge is 2.52. The molecule has 2 nitrogen and oxygen atoms in total. The van der Waals surface area contributed by atoms with Crippen LogP contribution in [0, 0.1) is 0 Å². The van der Waals surface area contributed by atoms with Gasteiger partial charge in [-0.05, 0) is 18.9 Å². The summed E-state index contributed by atoms with van der Waals surface area (Å²) >= 11 is 4.53. The maximum Gasteiger partial charge on any atom is 0.0724 e. The minimum Gasteiger partial charge on any atom is -0.372 e. The van der Waals surface area contributed by atoms with Gasteiger partial charge in [0.2, 0.25) is 0 Å². The van der Waals surface area contributed by atoms with E-state index in [1.165, 1.54) is 5.56 Å². The molecule has 0 aliphatic heterocycles. The van der Waals surface area contributed by atoms with Crippen molar-refractivity contribution in [3.05, 3.63) is 35.9 Å². The Balaban J connectivity index is 1.86. The van der Waals surface area contributed by atoms with Crippen LogP contribution in [0.5, 0.6) is 0 Å². The van der Waals surface area contributed by atoms with Gasteiger partial charge in [-0.3, -0.25) is 4.21 Å². The number of benzene rings is 1. The molecule has 1 aromatic carbocycles. The van der Waals surface area contributed by atoms with Crippen molar-refractivity contribution >= 4 is 23.4 Å². The summed E-state index contributed by atoms with van der Waals surface area (Å²) in [6, 6.07) is 10.1. The molecule has 0 N–H and O–H groups in total. The third-order valence-electron chi connectivity index (χ3n) is 3.55. The summed E-state index contributed by atoms with van der Waals surface area (Å²) in [5.41, 5.74) is 1.17. The van der Waals surface area contributed by atoms with Crippen LogP contribution >= 0.6 is 12.6 Å². The van der Waals surface area contributed by atoms with E-state index in [1.54, 1.807) is 6.26 Å². The first kappa shape index (κ1) is 13.1. The Kier molecular flexibility index (Phi) is 3.95. The Hall–Kier alpha value is -0.320. The van der Waals surface area contributed by atoms with E-state index in [0.29, 0.717) is 6.61 Å². The predicted octanol–water partition coefficient (Wildman–Crippen LogP) is 2.41. The fourth-order valence-corrected chi connectivity index (χ4v) is 3.71. The van der Waals surface area contributed by atoms with Crippen LogP contribution in [0.2, 0.25) is 0 Å². The summed E-state index contributed by atoms with van der Waals surface area (Å²) in [6.45, 7) is 2.62. The molecule has 0 heterocycles. The van der Waals surface area contributed by atoms with Crippen LogP contribution in [0.25, 0.3) is 0 Å². The lowest BCUT2D eigenvalue weighted by atomic mass is 9.82. The molecule has 0 saturated heterocycles. The summed E-state index contributed by atoms with van der Waals surface area (Å²) in [7, 11) is -0.844. The van der Waals surface area contributed by atoms with Crippen LogP contribution in [0.3, 0.4) is 0 Å². The SMILES string of the molecule is CS(=O)C1(C)CC(OCc2ccccc2)C1S.